The molecule has 0 saturated carbocycles. The zero-order chi connectivity index (χ0) is 19.7. The van der Waals surface area contributed by atoms with E-state index < -0.39 is 22.0 Å². The minimum absolute atomic E-state index is 0.0594. The molecule has 146 valence electrons. The molecule has 0 unspecified atom stereocenters. The number of carbonyl (C=O) groups excluding carboxylic acids is 1. The Morgan fingerprint density at radius 3 is 2.68 bits per heavy atom. The summed E-state index contributed by atoms with van der Waals surface area (Å²) in [6, 6.07) is 10.1. The summed E-state index contributed by atoms with van der Waals surface area (Å²) in [5, 5.41) is 12.4. The number of ether oxygens (including phenoxy) is 2. The summed E-state index contributed by atoms with van der Waals surface area (Å²) in [5.74, 6) is -0.761. The monoisotopic (exact) mass is 401 g/mol. The number of H-pyrrole nitrogens is 1. The molecule has 2 heterocycles. The molecule has 0 saturated heterocycles. The molecular formula is C19H17N2O6S-. The van der Waals surface area contributed by atoms with E-state index in [0.29, 0.717) is 30.3 Å². The largest absolute Gasteiger partial charge is 0.548 e. The van der Waals surface area contributed by atoms with Crippen molar-refractivity contribution in [3.63, 3.8) is 0 Å². The first-order valence-electron chi connectivity index (χ1n) is 8.62. The standard InChI is InChI=1S/C19H18N2O6S/c22-19(23)16(9-12-11-20-15-4-2-1-3-14(12)15)21-28(24,25)13-5-6-17-18(10-13)27-8-7-26-17/h1-6,10-11,16,20-21H,7-9H2,(H,22,23)/p-1/t16-/m0/s1. The zero-order valence-corrected chi connectivity index (χ0v) is 15.5. The van der Waals surface area contributed by atoms with Gasteiger partial charge in [0.25, 0.3) is 0 Å². The number of nitrogens with one attached hydrogen (secondary N) is 2. The van der Waals surface area contributed by atoms with Crippen LogP contribution in [0.4, 0.5) is 0 Å². The highest BCUT2D eigenvalue weighted by Crippen LogP contribution is 2.32. The fourth-order valence-electron chi connectivity index (χ4n) is 3.14. The number of para-hydroxylation sites is 1. The van der Waals surface area contributed by atoms with Gasteiger partial charge in [-0.1, -0.05) is 18.2 Å². The lowest BCUT2D eigenvalue weighted by Crippen LogP contribution is -2.49. The van der Waals surface area contributed by atoms with Crippen molar-refractivity contribution >= 4 is 26.9 Å². The lowest BCUT2D eigenvalue weighted by Gasteiger charge is -2.21. The van der Waals surface area contributed by atoms with E-state index in [1.54, 1.807) is 6.20 Å². The van der Waals surface area contributed by atoms with Crippen LogP contribution in [-0.2, 0) is 21.2 Å². The number of rotatable bonds is 6. The molecule has 4 rings (SSSR count). The number of benzene rings is 2. The van der Waals surface area contributed by atoms with E-state index in [-0.39, 0.29) is 11.3 Å². The van der Waals surface area contributed by atoms with Gasteiger partial charge in [-0.25, -0.2) is 13.1 Å². The van der Waals surface area contributed by atoms with Crippen molar-refractivity contribution in [1.82, 2.24) is 9.71 Å². The van der Waals surface area contributed by atoms with E-state index in [2.05, 4.69) is 9.71 Å². The van der Waals surface area contributed by atoms with Gasteiger partial charge in [0.1, 0.15) is 13.2 Å². The van der Waals surface area contributed by atoms with Crippen molar-refractivity contribution in [2.24, 2.45) is 0 Å². The van der Waals surface area contributed by atoms with Crippen LogP contribution in [0.15, 0.2) is 53.6 Å². The van der Waals surface area contributed by atoms with Gasteiger partial charge < -0.3 is 24.4 Å². The molecular weight excluding hydrogens is 384 g/mol. The average molecular weight is 401 g/mol. The number of hydrogen-bond donors (Lipinski definition) is 2. The molecule has 1 aliphatic heterocycles. The predicted molar refractivity (Wildman–Crippen MR) is 98.6 cm³/mol. The first-order valence-corrected chi connectivity index (χ1v) is 10.1. The van der Waals surface area contributed by atoms with Gasteiger partial charge >= 0.3 is 0 Å². The number of aliphatic carboxylic acids is 1. The molecule has 0 aliphatic carbocycles. The SMILES string of the molecule is O=C([O-])[C@H](Cc1c[nH]c2ccccc12)NS(=O)(=O)c1ccc2c(c1)OCCO2. The van der Waals surface area contributed by atoms with Crippen LogP contribution in [0.25, 0.3) is 10.9 Å². The molecule has 2 aromatic carbocycles. The Morgan fingerprint density at radius 2 is 1.89 bits per heavy atom. The van der Waals surface area contributed by atoms with Crippen LogP contribution in [0.5, 0.6) is 11.5 Å². The summed E-state index contributed by atoms with van der Waals surface area (Å²) >= 11 is 0. The van der Waals surface area contributed by atoms with Gasteiger partial charge in [0.05, 0.1) is 16.9 Å². The normalized spacial score (nSPS) is 14.7. The highest BCUT2D eigenvalue weighted by molar-refractivity contribution is 7.89. The highest BCUT2D eigenvalue weighted by atomic mass is 32.2. The Kier molecular flexibility index (Phi) is 4.70. The van der Waals surface area contributed by atoms with Crippen molar-refractivity contribution in [3.05, 3.63) is 54.2 Å². The number of carbonyl (C=O) groups is 1. The van der Waals surface area contributed by atoms with Crippen LogP contribution in [0.1, 0.15) is 5.56 Å². The number of aromatic nitrogens is 1. The maximum atomic E-state index is 12.7. The van der Waals surface area contributed by atoms with E-state index >= 15 is 0 Å². The number of fused-ring (bicyclic) bond motifs is 2. The zero-order valence-electron chi connectivity index (χ0n) is 14.7. The maximum Gasteiger partial charge on any atom is 0.241 e. The van der Waals surface area contributed by atoms with Crippen molar-refractivity contribution in [2.75, 3.05) is 13.2 Å². The van der Waals surface area contributed by atoms with Gasteiger partial charge in [0, 0.05) is 23.2 Å². The molecule has 1 aromatic heterocycles. The quantitative estimate of drug-likeness (QED) is 0.623. The minimum Gasteiger partial charge on any atom is -0.548 e. The summed E-state index contributed by atoms with van der Waals surface area (Å²) in [5.41, 5.74) is 1.51. The average Bonchev–Trinajstić information content (AvgIpc) is 3.10. The molecule has 9 heteroatoms. The Labute approximate surface area is 161 Å². The molecule has 0 radical (unpaired) electrons. The second kappa shape index (κ2) is 7.17. The molecule has 3 aromatic rings. The predicted octanol–water partition coefficient (Wildman–Crippen LogP) is 0.579. The van der Waals surface area contributed by atoms with E-state index in [4.69, 9.17) is 9.47 Å². The van der Waals surface area contributed by atoms with Gasteiger partial charge in [-0.05, 0) is 30.2 Å². The van der Waals surface area contributed by atoms with Crippen LogP contribution in [0.3, 0.4) is 0 Å². The van der Waals surface area contributed by atoms with Gasteiger partial charge in [0.2, 0.25) is 10.0 Å². The van der Waals surface area contributed by atoms with Gasteiger partial charge in [-0.15, -0.1) is 0 Å². The third-order valence-electron chi connectivity index (χ3n) is 4.50. The number of carboxylic acids is 1. The third-order valence-corrected chi connectivity index (χ3v) is 5.97. The Bertz CT molecular complexity index is 1140. The molecule has 0 fully saturated rings. The summed E-state index contributed by atoms with van der Waals surface area (Å²) in [6.45, 7) is 0.695. The molecule has 1 atom stereocenters. The molecule has 2 N–H and O–H groups in total. The number of aromatic amines is 1. The summed E-state index contributed by atoms with van der Waals surface area (Å²) in [7, 11) is -4.11. The molecule has 28 heavy (non-hydrogen) atoms. The number of hydrogen-bond acceptors (Lipinski definition) is 6. The van der Waals surface area contributed by atoms with E-state index in [1.807, 2.05) is 24.3 Å². The smallest absolute Gasteiger partial charge is 0.241 e. The van der Waals surface area contributed by atoms with E-state index in [1.165, 1.54) is 18.2 Å². The first-order chi connectivity index (χ1) is 13.4. The van der Waals surface area contributed by atoms with Crippen molar-refractivity contribution in [1.29, 1.82) is 0 Å². The molecule has 1 aliphatic rings. The van der Waals surface area contributed by atoms with Gasteiger partial charge in [-0.3, -0.25) is 0 Å². The van der Waals surface area contributed by atoms with Crippen molar-refractivity contribution in [2.45, 2.75) is 17.4 Å². The molecule has 0 amide bonds. The van der Waals surface area contributed by atoms with Gasteiger partial charge in [0.15, 0.2) is 11.5 Å². The summed E-state index contributed by atoms with van der Waals surface area (Å²) in [6.07, 6.45) is 1.61. The highest BCUT2D eigenvalue weighted by Gasteiger charge is 2.24. The topological polar surface area (TPSA) is 121 Å². The minimum atomic E-state index is -4.11. The Hall–Kier alpha value is -3.04. The Balaban J connectivity index is 1.59. The maximum absolute atomic E-state index is 12.7. The van der Waals surface area contributed by atoms with Crippen LogP contribution in [0, 0.1) is 0 Å². The molecule has 8 nitrogen and oxygen atoms in total. The lowest BCUT2D eigenvalue weighted by molar-refractivity contribution is -0.307. The molecule has 0 bridgehead atoms. The summed E-state index contributed by atoms with van der Waals surface area (Å²) in [4.78, 5) is 14.5. The molecule has 0 spiro atoms. The fraction of sp³-hybridized carbons (Fsp3) is 0.211. The summed E-state index contributed by atoms with van der Waals surface area (Å²) < 4.78 is 38.4. The van der Waals surface area contributed by atoms with Crippen molar-refractivity contribution < 1.29 is 27.8 Å². The Morgan fingerprint density at radius 1 is 1.14 bits per heavy atom. The number of sulfonamides is 1. The van der Waals surface area contributed by atoms with Crippen LogP contribution in [0.2, 0.25) is 0 Å². The van der Waals surface area contributed by atoms with Gasteiger partial charge in [-0.2, -0.15) is 0 Å². The van der Waals surface area contributed by atoms with E-state index in [9.17, 15) is 18.3 Å². The third kappa shape index (κ3) is 3.54. The van der Waals surface area contributed by atoms with Crippen LogP contribution in [-0.4, -0.2) is 38.6 Å². The fourth-order valence-corrected chi connectivity index (χ4v) is 4.34. The first kappa shape index (κ1) is 18.3. The lowest BCUT2D eigenvalue weighted by atomic mass is 10.1. The second-order valence-corrected chi connectivity index (χ2v) is 8.08. The van der Waals surface area contributed by atoms with Crippen molar-refractivity contribution in [3.8, 4) is 11.5 Å². The van der Waals surface area contributed by atoms with Crippen LogP contribution < -0.4 is 19.3 Å². The van der Waals surface area contributed by atoms with Crippen LogP contribution >= 0.6 is 0 Å². The number of carboxylic acid groups (broad SMARTS) is 1. The van der Waals surface area contributed by atoms with E-state index in [0.717, 1.165) is 10.9 Å². The second-order valence-electron chi connectivity index (χ2n) is 6.36.